The molecule has 0 aromatic carbocycles. The molecule has 5 heteroatoms. The van der Waals surface area contributed by atoms with E-state index in [2.05, 4.69) is 9.97 Å². The van der Waals surface area contributed by atoms with Crippen LogP contribution < -0.4 is 0 Å². The molecular weight excluding hydrogens is 228 g/mol. The van der Waals surface area contributed by atoms with E-state index in [1.165, 1.54) is 0 Å². The summed E-state index contributed by atoms with van der Waals surface area (Å²) in [5.41, 5.74) is 1.60. The Kier molecular flexibility index (Phi) is 3.22. The van der Waals surface area contributed by atoms with Crippen LogP contribution in [0.15, 0.2) is 22.8 Å². The van der Waals surface area contributed by atoms with E-state index in [1.54, 1.807) is 19.4 Å². The molecule has 2 heterocycles. The van der Waals surface area contributed by atoms with Gasteiger partial charge in [0, 0.05) is 7.11 Å². The maximum absolute atomic E-state index is 5.92. The van der Waals surface area contributed by atoms with Crippen molar-refractivity contribution in [1.82, 2.24) is 9.97 Å². The van der Waals surface area contributed by atoms with Crippen molar-refractivity contribution in [2.45, 2.75) is 13.5 Å². The summed E-state index contributed by atoms with van der Waals surface area (Å²) >= 11 is 5.92. The summed E-state index contributed by atoms with van der Waals surface area (Å²) in [6, 6.07) is 3.50. The van der Waals surface area contributed by atoms with E-state index >= 15 is 0 Å². The average Bonchev–Trinajstić information content (AvgIpc) is 2.64. The van der Waals surface area contributed by atoms with Gasteiger partial charge in [0.1, 0.15) is 10.9 Å². The van der Waals surface area contributed by atoms with Gasteiger partial charge >= 0.3 is 0 Å². The molecule has 0 aliphatic heterocycles. The smallest absolute Gasteiger partial charge is 0.164 e. The van der Waals surface area contributed by atoms with Crippen molar-refractivity contribution in [2.75, 3.05) is 7.11 Å². The molecular formula is C11H11ClN2O2. The van der Waals surface area contributed by atoms with Gasteiger partial charge in [0.15, 0.2) is 5.82 Å². The number of halogens is 1. The summed E-state index contributed by atoms with van der Waals surface area (Å²) in [6.07, 6.45) is 1.60. The highest BCUT2D eigenvalue weighted by Crippen LogP contribution is 2.22. The van der Waals surface area contributed by atoms with E-state index < -0.39 is 0 Å². The van der Waals surface area contributed by atoms with E-state index in [-0.39, 0.29) is 0 Å². The highest BCUT2D eigenvalue weighted by molar-refractivity contribution is 6.29. The summed E-state index contributed by atoms with van der Waals surface area (Å²) in [7, 11) is 1.61. The van der Waals surface area contributed by atoms with Crippen molar-refractivity contribution in [2.24, 2.45) is 0 Å². The van der Waals surface area contributed by atoms with Crippen molar-refractivity contribution >= 4 is 11.6 Å². The van der Waals surface area contributed by atoms with Gasteiger partial charge in [-0.05, 0) is 19.1 Å². The van der Waals surface area contributed by atoms with E-state index in [4.69, 9.17) is 20.8 Å². The second-order valence-electron chi connectivity index (χ2n) is 3.33. The summed E-state index contributed by atoms with van der Waals surface area (Å²) < 4.78 is 10.2. The van der Waals surface area contributed by atoms with Crippen LogP contribution in [0.4, 0.5) is 0 Å². The van der Waals surface area contributed by atoms with Crippen molar-refractivity contribution in [3.8, 4) is 11.4 Å². The van der Waals surface area contributed by atoms with E-state index in [1.807, 2.05) is 13.0 Å². The first-order valence-corrected chi connectivity index (χ1v) is 5.15. The molecule has 0 bridgehead atoms. The Balaban J connectivity index is 2.45. The topological polar surface area (TPSA) is 48.2 Å². The van der Waals surface area contributed by atoms with Crippen LogP contribution >= 0.6 is 11.6 Å². The van der Waals surface area contributed by atoms with Gasteiger partial charge in [-0.1, -0.05) is 11.6 Å². The summed E-state index contributed by atoms with van der Waals surface area (Å²) in [4.78, 5) is 8.50. The first kappa shape index (κ1) is 11.1. The predicted molar refractivity (Wildman–Crippen MR) is 60.2 cm³/mol. The molecule has 0 fully saturated rings. The maximum Gasteiger partial charge on any atom is 0.164 e. The quantitative estimate of drug-likeness (QED) is 0.772. The van der Waals surface area contributed by atoms with Crippen LogP contribution in [0.3, 0.4) is 0 Å². The van der Waals surface area contributed by atoms with Gasteiger partial charge < -0.3 is 9.15 Å². The SMILES string of the molecule is COCc1cc(Cl)nc(-c2ccoc2C)n1. The predicted octanol–water partition coefficient (Wildman–Crippen LogP) is 2.84. The van der Waals surface area contributed by atoms with Crippen molar-refractivity contribution in [1.29, 1.82) is 0 Å². The summed E-state index contributed by atoms with van der Waals surface area (Å²) in [5, 5.41) is 0.401. The van der Waals surface area contributed by atoms with Gasteiger partial charge in [-0.2, -0.15) is 0 Å². The molecule has 16 heavy (non-hydrogen) atoms. The van der Waals surface area contributed by atoms with Crippen LogP contribution in [0, 0.1) is 6.92 Å². The molecule has 0 amide bonds. The molecule has 0 N–H and O–H groups in total. The Morgan fingerprint density at radius 1 is 1.44 bits per heavy atom. The summed E-state index contributed by atoms with van der Waals surface area (Å²) in [5.74, 6) is 1.33. The van der Waals surface area contributed by atoms with Crippen LogP contribution in [0.25, 0.3) is 11.4 Å². The lowest BCUT2D eigenvalue weighted by Gasteiger charge is -2.03. The highest BCUT2D eigenvalue weighted by atomic mass is 35.5. The zero-order valence-electron chi connectivity index (χ0n) is 9.03. The van der Waals surface area contributed by atoms with Crippen LogP contribution in [-0.2, 0) is 11.3 Å². The molecule has 0 aliphatic rings. The Bertz CT molecular complexity index is 496. The molecule has 0 atom stereocenters. The van der Waals surface area contributed by atoms with Crippen LogP contribution in [0.2, 0.25) is 5.15 Å². The number of aromatic nitrogens is 2. The third kappa shape index (κ3) is 2.23. The summed E-state index contributed by atoms with van der Waals surface area (Å²) in [6.45, 7) is 2.27. The van der Waals surface area contributed by atoms with Crippen LogP contribution in [-0.4, -0.2) is 17.1 Å². The number of rotatable bonds is 3. The largest absolute Gasteiger partial charge is 0.469 e. The first-order valence-electron chi connectivity index (χ1n) is 4.77. The van der Waals surface area contributed by atoms with Crippen LogP contribution in [0.5, 0.6) is 0 Å². The fourth-order valence-corrected chi connectivity index (χ4v) is 1.63. The van der Waals surface area contributed by atoms with Gasteiger partial charge in [-0.3, -0.25) is 0 Å². The number of methoxy groups -OCH3 is 1. The lowest BCUT2D eigenvalue weighted by atomic mass is 10.2. The molecule has 0 saturated carbocycles. The highest BCUT2D eigenvalue weighted by Gasteiger charge is 2.10. The minimum absolute atomic E-state index is 0.401. The molecule has 84 valence electrons. The van der Waals surface area contributed by atoms with Gasteiger partial charge in [-0.15, -0.1) is 0 Å². The number of ether oxygens (including phenoxy) is 1. The second kappa shape index (κ2) is 4.63. The third-order valence-corrected chi connectivity index (χ3v) is 2.33. The molecule has 0 aliphatic carbocycles. The molecule has 0 radical (unpaired) electrons. The monoisotopic (exact) mass is 238 g/mol. The van der Waals surface area contributed by atoms with Gasteiger partial charge in [0.25, 0.3) is 0 Å². The Morgan fingerprint density at radius 3 is 2.88 bits per heavy atom. The second-order valence-corrected chi connectivity index (χ2v) is 3.72. The Morgan fingerprint density at radius 2 is 2.25 bits per heavy atom. The molecule has 2 rings (SSSR count). The number of furan rings is 1. The minimum atomic E-state index is 0.401. The van der Waals surface area contributed by atoms with Crippen molar-refractivity contribution < 1.29 is 9.15 Å². The van der Waals surface area contributed by atoms with Gasteiger partial charge in [-0.25, -0.2) is 9.97 Å². The lowest BCUT2D eigenvalue weighted by Crippen LogP contribution is -1.97. The Labute approximate surface area is 98.2 Å². The van der Waals surface area contributed by atoms with Crippen LogP contribution in [0.1, 0.15) is 11.5 Å². The zero-order valence-corrected chi connectivity index (χ0v) is 9.78. The Hall–Kier alpha value is -1.39. The maximum atomic E-state index is 5.92. The van der Waals surface area contributed by atoms with Crippen molar-refractivity contribution in [3.63, 3.8) is 0 Å². The molecule has 2 aromatic rings. The fraction of sp³-hybridized carbons (Fsp3) is 0.273. The standard InChI is InChI=1S/C11H11ClN2O2/c1-7-9(3-4-16-7)11-13-8(6-15-2)5-10(12)14-11/h3-5H,6H2,1-2H3. The van der Waals surface area contributed by atoms with E-state index in [9.17, 15) is 0 Å². The molecule has 0 saturated heterocycles. The molecule has 0 spiro atoms. The molecule has 0 unspecified atom stereocenters. The van der Waals surface area contributed by atoms with Crippen molar-refractivity contribution in [3.05, 3.63) is 35.0 Å². The number of hydrogen-bond donors (Lipinski definition) is 0. The number of aryl methyl sites for hydroxylation is 1. The fourth-order valence-electron chi connectivity index (χ4n) is 1.42. The molecule has 4 nitrogen and oxygen atoms in total. The lowest BCUT2D eigenvalue weighted by molar-refractivity contribution is 0.181. The molecule has 2 aromatic heterocycles. The number of nitrogens with zero attached hydrogens (tertiary/aromatic N) is 2. The van der Waals surface area contributed by atoms with Gasteiger partial charge in [0.2, 0.25) is 0 Å². The zero-order chi connectivity index (χ0) is 11.5. The van der Waals surface area contributed by atoms with Gasteiger partial charge in [0.05, 0.1) is 24.1 Å². The third-order valence-electron chi connectivity index (χ3n) is 2.14. The number of hydrogen-bond acceptors (Lipinski definition) is 4. The van der Waals surface area contributed by atoms with E-state index in [0.717, 1.165) is 17.0 Å². The first-order chi connectivity index (χ1) is 7.70. The van der Waals surface area contributed by atoms with E-state index in [0.29, 0.717) is 17.6 Å². The minimum Gasteiger partial charge on any atom is -0.469 e. The normalized spacial score (nSPS) is 10.7. The average molecular weight is 239 g/mol.